The lowest BCUT2D eigenvalue weighted by Crippen LogP contribution is -2.46. The van der Waals surface area contributed by atoms with E-state index in [1.54, 1.807) is 0 Å². The van der Waals surface area contributed by atoms with Gasteiger partial charge in [0.25, 0.3) is 0 Å². The molecule has 6 heteroatoms. The first-order valence-corrected chi connectivity index (χ1v) is 9.66. The van der Waals surface area contributed by atoms with Crippen LogP contribution < -0.4 is 0 Å². The number of hydrogen-bond acceptors (Lipinski definition) is 4. The molecule has 0 radical (unpaired) electrons. The molecule has 1 aliphatic heterocycles. The molecule has 0 unspecified atom stereocenters. The molecule has 0 spiro atoms. The molecule has 3 rings (SSSR count). The van der Waals surface area contributed by atoms with Crippen molar-refractivity contribution in [2.45, 2.75) is 32.9 Å². The minimum atomic E-state index is -0.0113. The minimum absolute atomic E-state index is 0.0113. The van der Waals surface area contributed by atoms with Crippen molar-refractivity contribution in [2.24, 2.45) is 0 Å². The van der Waals surface area contributed by atoms with Gasteiger partial charge < -0.3 is 0 Å². The van der Waals surface area contributed by atoms with Crippen molar-refractivity contribution in [1.29, 1.82) is 0 Å². The molecule has 1 saturated heterocycles. The Bertz CT molecular complexity index is 777. The maximum Gasteiger partial charge on any atom is 0.217 e. The van der Waals surface area contributed by atoms with Gasteiger partial charge in [-0.25, -0.2) is 9.67 Å². The van der Waals surface area contributed by atoms with Crippen molar-refractivity contribution in [1.82, 2.24) is 24.6 Å². The van der Waals surface area contributed by atoms with E-state index >= 15 is 0 Å². The third-order valence-electron chi connectivity index (χ3n) is 4.67. The van der Waals surface area contributed by atoms with Gasteiger partial charge in [-0.3, -0.25) is 14.9 Å². The van der Waals surface area contributed by atoms with Crippen LogP contribution in [0.2, 0.25) is 0 Å². The molecule has 0 atom stereocenters. The number of H-pyrrole nitrogens is 1. The van der Waals surface area contributed by atoms with Gasteiger partial charge >= 0.3 is 0 Å². The van der Waals surface area contributed by atoms with Crippen molar-refractivity contribution >= 4 is 18.3 Å². The smallest absolute Gasteiger partial charge is 0.217 e. The number of aromatic amines is 1. The molecular formula is C20H29N5S. The molecule has 0 aliphatic carbocycles. The van der Waals surface area contributed by atoms with Crippen LogP contribution in [-0.2, 0) is 12.1 Å². The molecule has 0 amide bonds. The van der Waals surface area contributed by atoms with Gasteiger partial charge in [0.05, 0.1) is 6.67 Å². The van der Waals surface area contributed by atoms with Crippen LogP contribution in [0.4, 0.5) is 0 Å². The molecule has 1 aromatic heterocycles. The standard InChI is InChI=1S/C20H29N5S/c1-20(2,3)18-21-19(26)25(22-18)16-24-14-12-23(13-15-24)11-7-10-17-8-5-4-6-9-17/h4-10H,11-16H2,1-3H3,(H,21,22,26)/b10-7+. The van der Waals surface area contributed by atoms with Gasteiger partial charge in [0.2, 0.25) is 4.77 Å². The molecule has 26 heavy (non-hydrogen) atoms. The number of benzene rings is 1. The number of rotatable bonds is 5. The molecule has 5 nitrogen and oxygen atoms in total. The lowest BCUT2D eigenvalue weighted by Gasteiger charge is -2.34. The number of piperazine rings is 1. The van der Waals surface area contributed by atoms with Crippen molar-refractivity contribution < 1.29 is 0 Å². The lowest BCUT2D eigenvalue weighted by atomic mass is 9.96. The predicted octanol–water partition coefficient (Wildman–Crippen LogP) is 3.53. The Hall–Kier alpha value is -1.76. The van der Waals surface area contributed by atoms with E-state index in [4.69, 9.17) is 12.2 Å². The van der Waals surface area contributed by atoms with Gasteiger partial charge in [0.15, 0.2) is 0 Å². The minimum Gasteiger partial charge on any atom is -0.297 e. The number of nitrogens with one attached hydrogen (secondary N) is 1. The Labute approximate surface area is 161 Å². The summed E-state index contributed by atoms with van der Waals surface area (Å²) >= 11 is 5.41. The highest BCUT2D eigenvalue weighted by Gasteiger charge is 2.20. The fraction of sp³-hybridized carbons (Fsp3) is 0.500. The van der Waals surface area contributed by atoms with E-state index in [1.807, 2.05) is 10.7 Å². The summed E-state index contributed by atoms with van der Waals surface area (Å²) in [5.41, 5.74) is 1.25. The summed E-state index contributed by atoms with van der Waals surface area (Å²) in [6.45, 7) is 12.5. The van der Waals surface area contributed by atoms with E-state index in [0.717, 1.165) is 45.2 Å². The van der Waals surface area contributed by atoms with Crippen LogP contribution in [0.25, 0.3) is 6.08 Å². The van der Waals surface area contributed by atoms with E-state index in [-0.39, 0.29) is 5.41 Å². The van der Waals surface area contributed by atoms with E-state index < -0.39 is 0 Å². The quantitative estimate of drug-likeness (QED) is 0.817. The van der Waals surface area contributed by atoms with Crippen LogP contribution in [0.15, 0.2) is 36.4 Å². The zero-order chi connectivity index (χ0) is 18.6. The van der Waals surface area contributed by atoms with E-state index in [9.17, 15) is 0 Å². The van der Waals surface area contributed by atoms with E-state index in [1.165, 1.54) is 5.56 Å². The highest BCUT2D eigenvalue weighted by atomic mass is 32.1. The van der Waals surface area contributed by atoms with Crippen LogP contribution in [0, 0.1) is 4.77 Å². The summed E-state index contributed by atoms with van der Waals surface area (Å²) in [6.07, 6.45) is 4.45. The number of aromatic nitrogens is 3. The number of hydrogen-bond donors (Lipinski definition) is 1. The summed E-state index contributed by atoms with van der Waals surface area (Å²) in [6, 6.07) is 10.5. The largest absolute Gasteiger partial charge is 0.297 e. The molecule has 140 valence electrons. The van der Waals surface area contributed by atoms with Crippen LogP contribution in [-0.4, -0.2) is 57.3 Å². The first-order valence-electron chi connectivity index (χ1n) is 9.25. The summed E-state index contributed by atoms with van der Waals surface area (Å²) in [7, 11) is 0. The SMILES string of the molecule is CC(C)(C)c1nc(=S)n(CN2CCN(C/C=C/c3ccccc3)CC2)[nH]1. The molecule has 1 aromatic carbocycles. The topological polar surface area (TPSA) is 40.1 Å². The zero-order valence-corrected chi connectivity index (χ0v) is 16.8. The van der Waals surface area contributed by atoms with Gasteiger partial charge in [-0.15, -0.1) is 0 Å². The van der Waals surface area contributed by atoms with Crippen molar-refractivity contribution in [3.05, 3.63) is 52.6 Å². The summed E-state index contributed by atoms with van der Waals surface area (Å²) in [4.78, 5) is 9.42. The second-order valence-corrected chi connectivity index (χ2v) is 8.27. The Balaban J connectivity index is 1.48. The van der Waals surface area contributed by atoms with E-state index in [0.29, 0.717) is 4.77 Å². The van der Waals surface area contributed by atoms with Crippen molar-refractivity contribution in [3.63, 3.8) is 0 Å². The molecule has 1 N–H and O–H groups in total. The highest BCUT2D eigenvalue weighted by molar-refractivity contribution is 7.71. The van der Waals surface area contributed by atoms with Gasteiger partial charge in [-0.1, -0.05) is 63.3 Å². The molecule has 2 aromatic rings. The second kappa shape index (κ2) is 8.29. The summed E-state index contributed by atoms with van der Waals surface area (Å²) < 4.78 is 2.63. The van der Waals surface area contributed by atoms with Crippen molar-refractivity contribution in [3.8, 4) is 0 Å². The Kier molecular flexibility index (Phi) is 6.06. The van der Waals surface area contributed by atoms with Crippen LogP contribution in [0.1, 0.15) is 32.2 Å². The van der Waals surface area contributed by atoms with Crippen LogP contribution >= 0.6 is 12.2 Å². The molecular weight excluding hydrogens is 342 g/mol. The normalized spacial score (nSPS) is 17.2. The maximum atomic E-state index is 5.41. The van der Waals surface area contributed by atoms with Crippen LogP contribution in [0.3, 0.4) is 0 Å². The van der Waals surface area contributed by atoms with Crippen molar-refractivity contribution in [2.75, 3.05) is 32.7 Å². The lowest BCUT2D eigenvalue weighted by molar-refractivity contribution is 0.110. The predicted molar refractivity (Wildman–Crippen MR) is 110 cm³/mol. The third kappa shape index (κ3) is 5.13. The highest BCUT2D eigenvalue weighted by Crippen LogP contribution is 2.17. The van der Waals surface area contributed by atoms with Gasteiger partial charge in [-0.2, -0.15) is 0 Å². The zero-order valence-electron chi connectivity index (χ0n) is 16.0. The first-order chi connectivity index (χ1) is 12.4. The molecule has 1 fully saturated rings. The molecule has 0 saturated carbocycles. The average Bonchev–Trinajstić information content (AvgIpc) is 2.98. The summed E-state index contributed by atoms with van der Waals surface area (Å²) in [5, 5.41) is 3.37. The fourth-order valence-corrected chi connectivity index (χ4v) is 3.20. The monoisotopic (exact) mass is 371 g/mol. The van der Waals surface area contributed by atoms with Gasteiger partial charge in [-0.05, 0) is 17.8 Å². The molecule has 0 bridgehead atoms. The first kappa shape index (κ1) is 19.0. The summed E-state index contributed by atoms with van der Waals surface area (Å²) in [5.74, 6) is 0.951. The fourth-order valence-electron chi connectivity index (χ4n) is 3.00. The third-order valence-corrected chi connectivity index (χ3v) is 4.98. The Morgan fingerprint density at radius 3 is 2.35 bits per heavy atom. The molecule has 1 aliphatic rings. The van der Waals surface area contributed by atoms with Gasteiger partial charge in [0.1, 0.15) is 5.82 Å². The Morgan fingerprint density at radius 2 is 1.73 bits per heavy atom. The maximum absolute atomic E-state index is 5.41. The second-order valence-electron chi connectivity index (χ2n) is 7.91. The average molecular weight is 372 g/mol. The molecule has 2 heterocycles. The van der Waals surface area contributed by atoms with E-state index in [2.05, 4.69) is 77.1 Å². The van der Waals surface area contributed by atoms with Crippen LogP contribution in [0.5, 0.6) is 0 Å². The Morgan fingerprint density at radius 1 is 1.08 bits per heavy atom. The number of nitrogens with zero attached hydrogens (tertiary/aromatic N) is 4. The van der Waals surface area contributed by atoms with Gasteiger partial charge in [0, 0.05) is 38.1 Å².